The van der Waals surface area contributed by atoms with Gasteiger partial charge in [0.25, 0.3) is 5.91 Å². The molecule has 6 nitrogen and oxygen atoms in total. The molecule has 0 unspecified atom stereocenters. The van der Waals surface area contributed by atoms with E-state index in [-0.39, 0.29) is 5.91 Å². The smallest absolute Gasteiger partial charge is 0.271 e. The maximum Gasteiger partial charge on any atom is 0.271 e. The second-order valence-corrected chi connectivity index (χ2v) is 3.54. The molecule has 0 saturated carbocycles. The van der Waals surface area contributed by atoms with Crippen LogP contribution in [-0.2, 0) is 0 Å². The molecule has 2 rings (SSSR count). The molecule has 0 aromatic carbocycles. The Labute approximate surface area is 98.7 Å². The minimum atomic E-state index is -0.219. The van der Waals surface area contributed by atoms with E-state index >= 15 is 0 Å². The summed E-state index contributed by atoms with van der Waals surface area (Å²) >= 11 is 0. The Morgan fingerprint density at radius 3 is 2.71 bits per heavy atom. The fraction of sp³-hybridized carbons (Fsp3) is 0.273. The van der Waals surface area contributed by atoms with Crippen molar-refractivity contribution in [2.45, 2.75) is 13.8 Å². The van der Waals surface area contributed by atoms with Crippen LogP contribution in [0.15, 0.2) is 24.4 Å². The van der Waals surface area contributed by atoms with Gasteiger partial charge in [-0.1, -0.05) is 0 Å². The molecule has 0 saturated heterocycles. The van der Waals surface area contributed by atoms with Gasteiger partial charge in [0.1, 0.15) is 0 Å². The van der Waals surface area contributed by atoms with E-state index in [1.165, 1.54) is 0 Å². The molecular weight excluding hydrogens is 218 g/mol. The molecule has 0 fully saturated rings. The van der Waals surface area contributed by atoms with Crippen LogP contribution in [0.5, 0.6) is 0 Å². The largest absolute Gasteiger partial charge is 0.351 e. The van der Waals surface area contributed by atoms with Gasteiger partial charge in [-0.2, -0.15) is 5.10 Å². The minimum Gasteiger partial charge on any atom is -0.351 e. The highest BCUT2D eigenvalue weighted by atomic mass is 16.1. The first-order valence-electron chi connectivity index (χ1n) is 5.35. The number of nitrogens with zero attached hydrogens (tertiary/aromatic N) is 4. The van der Waals surface area contributed by atoms with Gasteiger partial charge in [0.15, 0.2) is 11.5 Å². The molecule has 0 radical (unpaired) electrons. The Balaban J connectivity index is 2.21. The lowest BCUT2D eigenvalue weighted by Crippen LogP contribution is -2.24. The molecule has 2 aromatic heterocycles. The topological polar surface area (TPSA) is 72.7 Å². The summed E-state index contributed by atoms with van der Waals surface area (Å²) in [6, 6.07) is 5.22. The highest BCUT2D eigenvalue weighted by Gasteiger charge is 2.07. The van der Waals surface area contributed by atoms with Gasteiger partial charge in [-0.25, -0.2) is 4.68 Å². The predicted molar refractivity (Wildman–Crippen MR) is 61.9 cm³/mol. The monoisotopic (exact) mass is 231 g/mol. The van der Waals surface area contributed by atoms with Gasteiger partial charge in [-0.05, 0) is 32.0 Å². The van der Waals surface area contributed by atoms with Gasteiger partial charge in [-0.3, -0.25) is 4.79 Å². The molecule has 2 heterocycles. The van der Waals surface area contributed by atoms with Crippen LogP contribution >= 0.6 is 0 Å². The number of amides is 1. The quantitative estimate of drug-likeness (QED) is 0.844. The van der Waals surface area contributed by atoms with E-state index in [9.17, 15) is 4.79 Å². The lowest BCUT2D eigenvalue weighted by molar-refractivity contribution is 0.0950. The molecule has 0 aliphatic carbocycles. The van der Waals surface area contributed by atoms with Gasteiger partial charge in [0, 0.05) is 12.7 Å². The number of rotatable bonds is 3. The lowest BCUT2D eigenvalue weighted by Gasteiger charge is -2.02. The van der Waals surface area contributed by atoms with Crippen molar-refractivity contribution in [2.75, 3.05) is 6.54 Å². The summed E-state index contributed by atoms with van der Waals surface area (Å²) in [6.07, 6.45) is 1.80. The fourth-order valence-electron chi connectivity index (χ4n) is 1.36. The molecule has 88 valence electrons. The van der Waals surface area contributed by atoms with E-state index in [4.69, 9.17) is 0 Å². The average molecular weight is 231 g/mol. The van der Waals surface area contributed by atoms with Crippen LogP contribution in [-0.4, -0.2) is 32.4 Å². The number of carbonyl (C=O) groups excluding carboxylic acids is 1. The number of hydrogen-bond acceptors (Lipinski definition) is 4. The van der Waals surface area contributed by atoms with Gasteiger partial charge in [0.2, 0.25) is 0 Å². The maximum absolute atomic E-state index is 11.5. The number of aromatic nitrogens is 4. The predicted octanol–water partition coefficient (Wildman–Crippen LogP) is 0.720. The summed E-state index contributed by atoms with van der Waals surface area (Å²) in [4.78, 5) is 11.5. The van der Waals surface area contributed by atoms with E-state index < -0.39 is 0 Å². The standard InChI is InChI=1S/C11H13N5O/c1-3-12-11(17)9-4-5-10(14-13-9)16-7-6-8(2)15-16/h4-7H,3H2,1-2H3,(H,12,17). The Hall–Kier alpha value is -2.24. The third-order valence-electron chi connectivity index (χ3n) is 2.18. The van der Waals surface area contributed by atoms with E-state index in [2.05, 4.69) is 20.6 Å². The highest BCUT2D eigenvalue weighted by Crippen LogP contribution is 2.03. The van der Waals surface area contributed by atoms with Crippen LogP contribution in [0.2, 0.25) is 0 Å². The highest BCUT2D eigenvalue weighted by molar-refractivity contribution is 5.92. The number of carbonyl (C=O) groups is 1. The number of hydrogen-bond donors (Lipinski definition) is 1. The van der Waals surface area contributed by atoms with E-state index in [1.54, 1.807) is 23.0 Å². The first-order valence-corrected chi connectivity index (χ1v) is 5.35. The molecule has 1 amide bonds. The van der Waals surface area contributed by atoms with E-state index in [0.717, 1.165) is 5.69 Å². The maximum atomic E-state index is 11.5. The van der Waals surface area contributed by atoms with Crippen LogP contribution in [0.1, 0.15) is 23.1 Å². The molecule has 0 aliphatic heterocycles. The van der Waals surface area contributed by atoms with Crippen LogP contribution in [0.4, 0.5) is 0 Å². The molecular formula is C11H13N5O. The van der Waals surface area contributed by atoms with Crippen LogP contribution in [0.3, 0.4) is 0 Å². The Bertz CT molecular complexity index is 517. The van der Waals surface area contributed by atoms with Crippen molar-refractivity contribution in [3.8, 4) is 5.82 Å². The summed E-state index contributed by atoms with van der Waals surface area (Å²) in [5.41, 5.74) is 1.21. The first-order chi connectivity index (χ1) is 8.20. The molecule has 0 atom stereocenters. The van der Waals surface area contributed by atoms with Gasteiger partial charge in [0.05, 0.1) is 5.69 Å². The average Bonchev–Trinajstić information content (AvgIpc) is 2.76. The van der Waals surface area contributed by atoms with Crippen LogP contribution < -0.4 is 5.32 Å². The Kier molecular flexibility index (Phi) is 3.13. The van der Waals surface area contributed by atoms with Crippen molar-refractivity contribution in [2.24, 2.45) is 0 Å². The van der Waals surface area contributed by atoms with Crippen molar-refractivity contribution < 1.29 is 4.79 Å². The lowest BCUT2D eigenvalue weighted by atomic mass is 10.3. The second-order valence-electron chi connectivity index (χ2n) is 3.54. The Morgan fingerprint density at radius 2 is 2.18 bits per heavy atom. The molecule has 0 bridgehead atoms. The third-order valence-corrected chi connectivity index (χ3v) is 2.18. The van der Waals surface area contributed by atoms with Crippen molar-refractivity contribution in [1.29, 1.82) is 0 Å². The fourth-order valence-corrected chi connectivity index (χ4v) is 1.36. The zero-order chi connectivity index (χ0) is 12.3. The van der Waals surface area contributed by atoms with Gasteiger partial charge < -0.3 is 5.32 Å². The zero-order valence-electron chi connectivity index (χ0n) is 9.71. The summed E-state index contributed by atoms with van der Waals surface area (Å²) in [5.74, 6) is 0.370. The first kappa shape index (κ1) is 11.3. The van der Waals surface area contributed by atoms with Crippen molar-refractivity contribution in [3.05, 3.63) is 35.8 Å². The van der Waals surface area contributed by atoms with Crippen LogP contribution in [0.25, 0.3) is 5.82 Å². The summed E-state index contributed by atoms with van der Waals surface area (Å²) in [6.45, 7) is 4.32. The molecule has 0 aliphatic rings. The van der Waals surface area contributed by atoms with Gasteiger partial charge in [-0.15, -0.1) is 10.2 Å². The summed E-state index contributed by atoms with van der Waals surface area (Å²) < 4.78 is 1.61. The zero-order valence-corrected chi connectivity index (χ0v) is 9.71. The third kappa shape index (κ3) is 2.47. The van der Waals surface area contributed by atoms with Crippen molar-refractivity contribution >= 4 is 5.91 Å². The van der Waals surface area contributed by atoms with E-state index in [1.807, 2.05) is 19.9 Å². The minimum absolute atomic E-state index is 0.219. The molecule has 2 aromatic rings. The van der Waals surface area contributed by atoms with Crippen molar-refractivity contribution in [3.63, 3.8) is 0 Å². The SMILES string of the molecule is CCNC(=O)c1ccc(-n2ccc(C)n2)nn1. The number of nitrogens with one attached hydrogen (secondary N) is 1. The summed E-state index contributed by atoms with van der Waals surface area (Å²) in [7, 11) is 0. The number of aryl methyl sites for hydroxylation is 1. The molecule has 6 heteroatoms. The second kappa shape index (κ2) is 4.73. The van der Waals surface area contributed by atoms with E-state index in [0.29, 0.717) is 18.1 Å². The molecule has 0 spiro atoms. The normalized spacial score (nSPS) is 10.2. The summed E-state index contributed by atoms with van der Waals surface area (Å²) in [5, 5.41) is 14.7. The Morgan fingerprint density at radius 1 is 1.35 bits per heavy atom. The van der Waals surface area contributed by atoms with Crippen molar-refractivity contribution in [1.82, 2.24) is 25.3 Å². The molecule has 1 N–H and O–H groups in total. The molecule has 17 heavy (non-hydrogen) atoms. The van der Waals surface area contributed by atoms with Gasteiger partial charge >= 0.3 is 0 Å². The van der Waals surface area contributed by atoms with Crippen LogP contribution in [0, 0.1) is 6.92 Å².